The van der Waals surface area contributed by atoms with Gasteiger partial charge in [0.2, 0.25) is 0 Å². The molecule has 1 heterocycles. The highest BCUT2D eigenvalue weighted by atomic mass is 35.5. The number of hydrogen-bond donors (Lipinski definition) is 1. The Bertz CT molecular complexity index is 255. The summed E-state index contributed by atoms with van der Waals surface area (Å²) < 4.78 is 5.51. The van der Waals surface area contributed by atoms with Gasteiger partial charge in [-0.3, -0.25) is 10.1 Å². The molecule has 96 valence electrons. The molecule has 0 saturated carbocycles. The van der Waals surface area contributed by atoms with Crippen molar-refractivity contribution in [2.45, 2.75) is 23.1 Å². The van der Waals surface area contributed by atoms with Crippen molar-refractivity contribution in [1.82, 2.24) is 5.32 Å². The Hall–Kier alpha value is 0.520. The predicted molar refractivity (Wildman–Crippen MR) is 72.0 cm³/mol. The molecule has 3 nitrogen and oxygen atoms in total. The van der Waals surface area contributed by atoms with E-state index in [0.717, 1.165) is 12.3 Å². The van der Waals surface area contributed by atoms with Crippen molar-refractivity contribution < 1.29 is 9.53 Å². The highest BCUT2D eigenvalue weighted by molar-refractivity contribution is 8.33. The number of rotatable bonds is 5. The first-order chi connectivity index (χ1) is 7.34. The van der Waals surface area contributed by atoms with E-state index in [-0.39, 0.29) is 17.1 Å². The van der Waals surface area contributed by atoms with Crippen LogP contribution < -0.4 is 5.32 Å². The smallest absolute Gasteiger partial charge is 0.176 e. The number of halogens is 2. The zero-order valence-electron chi connectivity index (χ0n) is 9.83. The van der Waals surface area contributed by atoms with Gasteiger partial charge in [-0.15, -0.1) is 0 Å². The lowest BCUT2D eigenvalue weighted by Gasteiger charge is -2.38. The molecule has 0 aromatic rings. The van der Waals surface area contributed by atoms with Gasteiger partial charge in [-0.2, -0.15) is 0 Å². The van der Waals surface area contributed by atoms with Crippen LogP contribution in [0.5, 0.6) is 0 Å². The summed E-state index contributed by atoms with van der Waals surface area (Å²) in [5.41, 5.74) is 0. The summed E-state index contributed by atoms with van der Waals surface area (Å²) in [6.07, 6.45) is 4.48. The van der Waals surface area contributed by atoms with Gasteiger partial charge in [0, 0.05) is 17.5 Å². The molecule has 2 atom stereocenters. The molecule has 0 spiro atoms. The summed E-state index contributed by atoms with van der Waals surface area (Å²) in [4.78, 5) is 10.9. The Labute approximate surface area is 109 Å². The van der Waals surface area contributed by atoms with E-state index in [4.69, 9.17) is 27.9 Å². The summed E-state index contributed by atoms with van der Waals surface area (Å²) in [7, 11) is -1.07. The lowest BCUT2D eigenvalue weighted by atomic mass is 10.3. The van der Waals surface area contributed by atoms with Gasteiger partial charge in [0.25, 0.3) is 0 Å². The maximum Gasteiger partial charge on any atom is 0.176 e. The lowest BCUT2D eigenvalue weighted by molar-refractivity contribution is -0.116. The first-order valence-corrected chi connectivity index (χ1v) is 8.74. The van der Waals surface area contributed by atoms with Gasteiger partial charge in [0.15, 0.2) is 10.6 Å². The third-order valence-corrected chi connectivity index (χ3v) is 6.79. The summed E-state index contributed by atoms with van der Waals surface area (Å²) in [5.74, 6) is 0.835. The van der Waals surface area contributed by atoms with E-state index in [9.17, 15) is 4.79 Å². The van der Waals surface area contributed by atoms with Crippen LogP contribution in [0.2, 0.25) is 0 Å². The van der Waals surface area contributed by atoms with Crippen molar-refractivity contribution in [3.63, 3.8) is 0 Å². The number of nitrogens with one attached hydrogen (secondary N) is 1. The van der Waals surface area contributed by atoms with Crippen molar-refractivity contribution in [2.75, 3.05) is 31.5 Å². The van der Waals surface area contributed by atoms with Gasteiger partial charge in [-0.1, -0.05) is 23.2 Å². The molecule has 1 rings (SSSR count). The summed E-state index contributed by atoms with van der Waals surface area (Å²) in [6.45, 7) is 3.39. The average molecular weight is 288 g/mol. The first-order valence-electron chi connectivity index (χ1n) is 5.18. The number of ether oxygens (including phenoxy) is 1. The molecule has 1 saturated heterocycles. The van der Waals surface area contributed by atoms with Gasteiger partial charge >= 0.3 is 0 Å². The number of hydrogen-bond acceptors (Lipinski definition) is 3. The summed E-state index contributed by atoms with van der Waals surface area (Å²) in [6, 6.07) is 0. The van der Waals surface area contributed by atoms with E-state index >= 15 is 0 Å². The molecule has 2 unspecified atom stereocenters. The average Bonchev–Trinajstić information content (AvgIpc) is 2.67. The van der Waals surface area contributed by atoms with Crippen molar-refractivity contribution in [3.05, 3.63) is 0 Å². The molecule has 0 aliphatic carbocycles. The van der Waals surface area contributed by atoms with Crippen LogP contribution in [0.3, 0.4) is 0 Å². The first kappa shape index (κ1) is 14.6. The fraction of sp³-hybridized carbons (Fsp3) is 0.900. The molecule has 16 heavy (non-hydrogen) atoms. The Morgan fingerprint density at radius 3 is 2.62 bits per heavy atom. The number of alkyl halides is 2. The van der Waals surface area contributed by atoms with Crippen LogP contribution in [0.1, 0.15) is 6.92 Å². The van der Waals surface area contributed by atoms with E-state index in [2.05, 4.69) is 17.8 Å². The van der Waals surface area contributed by atoms with Gasteiger partial charge in [-0.25, -0.2) is 10.0 Å². The van der Waals surface area contributed by atoms with Crippen molar-refractivity contribution in [2.24, 2.45) is 0 Å². The van der Waals surface area contributed by atoms with Crippen molar-refractivity contribution in [3.8, 4) is 0 Å². The molecule has 1 aliphatic heterocycles. The van der Waals surface area contributed by atoms with Gasteiger partial charge in [-0.05, 0) is 19.4 Å². The molecular formula is C10H19Cl2NO2S. The SMILES string of the molecule is CC(C(=O)C(Cl)Cl)S(C)(C)CC1CNCO1. The molecule has 0 bridgehead atoms. The molecular weight excluding hydrogens is 269 g/mol. The number of Topliss-reactive ketones (excluding diaryl/α,β-unsaturated/α-hetero) is 1. The predicted octanol–water partition coefficient (Wildman–Crippen LogP) is 1.76. The van der Waals surface area contributed by atoms with E-state index < -0.39 is 14.9 Å². The Balaban J connectivity index is 2.57. The second-order valence-corrected chi connectivity index (χ2v) is 9.91. The van der Waals surface area contributed by atoms with Crippen LogP contribution in [0, 0.1) is 0 Å². The standard InChI is InChI=1S/C10H19Cl2NO2S/c1-7(9(14)10(11)12)16(2,3)5-8-4-13-6-15-8/h7-8,10,13H,4-6H2,1-3H3. The minimum absolute atomic E-state index is 0.0747. The van der Waals surface area contributed by atoms with Crippen LogP contribution in [-0.2, 0) is 9.53 Å². The molecule has 6 heteroatoms. The van der Waals surface area contributed by atoms with Gasteiger partial charge in [0.05, 0.1) is 12.8 Å². The Morgan fingerprint density at radius 1 is 1.56 bits per heavy atom. The molecule has 1 aliphatic rings. The Morgan fingerprint density at radius 2 is 2.19 bits per heavy atom. The molecule has 0 aromatic heterocycles. The van der Waals surface area contributed by atoms with Crippen molar-refractivity contribution in [1.29, 1.82) is 0 Å². The monoisotopic (exact) mass is 287 g/mol. The maximum atomic E-state index is 11.8. The van der Waals surface area contributed by atoms with Crippen LogP contribution >= 0.6 is 33.2 Å². The number of ketones is 1. The molecule has 0 amide bonds. The fourth-order valence-electron chi connectivity index (χ4n) is 1.68. The van der Waals surface area contributed by atoms with Gasteiger partial charge < -0.3 is 4.74 Å². The third kappa shape index (κ3) is 3.77. The number of carbonyl (C=O) groups excluding carboxylic acids is 1. The summed E-state index contributed by atoms with van der Waals surface area (Å²) >= 11 is 11.3. The largest absolute Gasteiger partial charge is 0.361 e. The van der Waals surface area contributed by atoms with Crippen molar-refractivity contribution >= 4 is 39.0 Å². The van der Waals surface area contributed by atoms with Crippen LogP contribution in [0.25, 0.3) is 0 Å². The molecule has 0 aromatic carbocycles. The second kappa shape index (κ2) is 5.91. The summed E-state index contributed by atoms with van der Waals surface area (Å²) in [5, 5.41) is 3.05. The maximum absolute atomic E-state index is 11.8. The third-order valence-electron chi connectivity index (χ3n) is 2.98. The lowest BCUT2D eigenvalue weighted by Crippen LogP contribution is -2.33. The molecule has 1 fully saturated rings. The highest BCUT2D eigenvalue weighted by Crippen LogP contribution is 2.47. The van der Waals surface area contributed by atoms with Gasteiger partial charge in [0.1, 0.15) is 0 Å². The zero-order chi connectivity index (χ0) is 12.3. The topological polar surface area (TPSA) is 38.3 Å². The quantitative estimate of drug-likeness (QED) is 0.783. The molecule has 1 N–H and O–H groups in total. The second-order valence-electron chi connectivity index (χ2n) is 4.52. The highest BCUT2D eigenvalue weighted by Gasteiger charge is 2.33. The normalized spacial score (nSPS) is 24.8. The van der Waals surface area contributed by atoms with E-state index in [0.29, 0.717) is 6.73 Å². The minimum Gasteiger partial charge on any atom is -0.361 e. The van der Waals surface area contributed by atoms with E-state index in [1.807, 2.05) is 6.92 Å². The van der Waals surface area contributed by atoms with Crippen LogP contribution in [0.4, 0.5) is 0 Å². The minimum atomic E-state index is -1.07. The van der Waals surface area contributed by atoms with E-state index in [1.165, 1.54) is 0 Å². The Kier molecular flexibility index (Phi) is 5.39. The number of carbonyl (C=O) groups is 1. The van der Waals surface area contributed by atoms with Crippen LogP contribution in [0.15, 0.2) is 0 Å². The van der Waals surface area contributed by atoms with E-state index in [1.54, 1.807) is 0 Å². The zero-order valence-corrected chi connectivity index (χ0v) is 12.2. The molecule has 0 radical (unpaired) electrons. The van der Waals surface area contributed by atoms with Crippen LogP contribution in [-0.4, -0.2) is 53.5 Å². The fourth-order valence-corrected chi connectivity index (χ4v) is 4.43.